The first-order chi connectivity index (χ1) is 8.29. The van der Waals surface area contributed by atoms with Crippen molar-refractivity contribution in [2.24, 2.45) is 0 Å². The fraction of sp³-hybridized carbons (Fsp3) is 0.571. The molecule has 0 aromatic heterocycles. The van der Waals surface area contributed by atoms with Crippen molar-refractivity contribution in [1.29, 1.82) is 0 Å². The van der Waals surface area contributed by atoms with Gasteiger partial charge in [0.25, 0.3) is 0 Å². The predicted octanol–water partition coefficient (Wildman–Crippen LogP) is 3.89. The van der Waals surface area contributed by atoms with Crippen LogP contribution in [-0.2, 0) is 0 Å². The second kappa shape index (κ2) is 6.53. The van der Waals surface area contributed by atoms with Gasteiger partial charge < -0.3 is 0 Å². The topological polar surface area (TPSA) is 15.3 Å². The van der Waals surface area contributed by atoms with Crippen LogP contribution in [0.2, 0.25) is 0 Å². The van der Waals surface area contributed by atoms with Crippen LogP contribution in [-0.4, -0.2) is 18.1 Å². The van der Waals surface area contributed by atoms with Gasteiger partial charge in [0, 0.05) is 23.6 Å². The summed E-state index contributed by atoms with van der Waals surface area (Å²) < 4.78 is 1.15. The van der Waals surface area contributed by atoms with E-state index in [-0.39, 0.29) is 0 Å². The van der Waals surface area contributed by atoms with Crippen LogP contribution in [0.25, 0.3) is 0 Å². The molecule has 1 N–H and O–H groups in total. The van der Waals surface area contributed by atoms with E-state index in [9.17, 15) is 0 Å². The van der Waals surface area contributed by atoms with E-state index in [4.69, 9.17) is 0 Å². The highest BCUT2D eigenvalue weighted by Gasteiger charge is 2.15. The average Bonchev–Trinajstić information content (AvgIpc) is 2.38. The summed E-state index contributed by atoms with van der Waals surface area (Å²) in [7, 11) is 0. The van der Waals surface area contributed by atoms with Crippen molar-refractivity contribution in [3.63, 3.8) is 0 Å². The minimum atomic E-state index is 0.446. The van der Waals surface area contributed by atoms with Gasteiger partial charge >= 0.3 is 0 Å². The Labute approximate surface area is 112 Å². The SMILES string of the molecule is CCC(NN1CCCCC1)c1ccc(Br)cc1. The third kappa shape index (κ3) is 3.80. The van der Waals surface area contributed by atoms with Gasteiger partial charge in [-0.15, -0.1) is 0 Å². The monoisotopic (exact) mass is 296 g/mol. The van der Waals surface area contributed by atoms with E-state index in [1.807, 2.05) is 0 Å². The van der Waals surface area contributed by atoms with Gasteiger partial charge in [-0.1, -0.05) is 41.4 Å². The number of hydrogen-bond acceptors (Lipinski definition) is 2. The molecule has 1 saturated heterocycles. The molecule has 94 valence electrons. The first kappa shape index (κ1) is 13.1. The minimum Gasteiger partial charge on any atom is -0.248 e. The van der Waals surface area contributed by atoms with Crippen LogP contribution in [0, 0.1) is 0 Å². The normalized spacial score (nSPS) is 19.2. The average molecular weight is 297 g/mol. The summed E-state index contributed by atoms with van der Waals surface area (Å²) in [5, 5.41) is 2.39. The van der Waals surface area contributed by atoms with Crippen molar-refractivity contribution >= 4 is 15.9 Å². The van der Waals surface area contributed by atoms with E-state index in [1.54, 1.807) is 0 Å². The number of hydrazine groups is 1. The highest BCUT2D eigenvalue weighted by atomic mass is 79.9. The van der Waals surface area contributed by atoms with Crippen LogP contribution < -0.4 is 5.43 Å². The Hall–Kier alpha value is -0.380. The van der Waals surface area contributed by atoms with E-state index < -0.39 is 0 Å². The molecule has 0 amide bonds. The lowest BCUT2D eigenvalue weighted by Gasteiger charge is -2.31. The van der Waals surface area contributed by atoms with Crippen molar-refractivity contribution in [2.75, 3.05) is 13.1 Å². The van der Waals surface area contributed by atoms with E-state index in [0.717, 1.165) is 10.9 Å². The van der Waals surface area contributed by atoms with Gasteiger partial charge in [-0.05, 0) is 37.0 Å². The standard InChI is InChI=1S/C14H21BrN2/c1-2-14(12-6-8-13(15)9-7-12)16-17-10-4-3-5-11-17/h6-9,14,16H,2-5,10-11H2,1H3. The van der Waals surface area contributed by atoms with Crippen molar-refractivity contribution in [3.8, 4) is 0 Å². The minimum absolute atomic E-state index is 0.446. The number of rotatable bonds is 4. The van der Waals surface area contributed by atoms with Crippen molar-refractivity contribution in [3.05, 3.63) is 34.3 Å². The van der Waals surface area contributed by atoms with Crippen LogP contribution in [0.1, 0.15) is 44.2 Å². The molecule has 0 radical (unpaired) electrons. The van der Waals surface area contributed by atoms with Crippen LogP contribution in [0.5, 0.6) is 0 Å². The van der Waals surface area contributed by atoms with Gasteiger partial charge in [-0.2, -0.15) is 0 Å². The summed E-state index contributed by atoms with van der Waals surface area (Å²) in [6, 6.07) is 9.09. The molecule has 1 atom stereocenters. The van der Waals surface area contributed by atoms with Crippen LogP contribution in [0.3, 0.4) is 0 Å². The fourth-order valence-electron chi connectivity index (χ4n) is 2.34. The summed E-state index contributed by atoms with van der Waals surface area (Å²) in [5.41, 5.74) is 5.04. The van der Waals surface area contributed by atoms with Gasteiger partial charge in [0.2, 0.25) is 0 Å². The van der Waals surface area contributed by atoms with E-state index >= 15 is 0 Å². The number of hydrogen-bond donors (Lipinski definition) is 1. The second-order valence-electron chi connectivity index (χ2n) is 4.69. The lowest BCUT2D eigenvalue weighted by molar-refractivity contribution is 0.126. The molecule has 1 heterocycles. The Balaban J connectivity index is 1.97. The zero-order valence-electron chi connectivity index (χ0n) is 10.5. The smallest absolute Gasteiger partial charge is 0.0462 e. The van der Waals surface area contributed by atoms with E-state index in [0.29, 0.717) is 6.04 Å². The molecule has 1 unspecified atom stereocenters. The Morgan fingerprint density at radius 1 is 1.18 bits per heavy atom. The molecular formula is C14H21BrN2. The third-order valence-electron chi connectivity index (χ3n) is 3.38. The summed E-state index contributed by atoms with van der Waals surface area (Å²) in [4.78, 5) is 0. The molecule has 0 aliphatic carbocycles. The van der Waals surface area contributed by atoms with Crippen molar-refractivity contribution in [1.82, 2.24) is 10.4 Å². The first-order valence-electron chi connectivity index (χ1n) is 6.56. The third-order valence-corrected chi connectivity index (χ3v) is 3.90. The lowest BCUT2D eigenvalue weighted by Crippen LogP contribution is -2.43. The maximum atomic E-state index is 3.66. The quantitative estimate of drug-likeness (QED) is 0.907. The van der Waals surface area contributed by atoms with Gasteiger partial charge in [0.15, 0.2) is 0 Å². The summed E-state index contributed by atoms with van der Waals surface area (Å²) in [6.07, 6.45) is 5.15. The summed E-state index contributed by atoms with van der Waals surface area (Å²) in [5.74, 6) is 0. The predicted molar refractivity (Wildman–Crippen MR) is 75.7 cm³/mol. The molecule has 2 rings (SSSR count). The second-order valence-corrected chi connectivity index (χ2v) is 5.60. The molecule has 17 heavy (non-hydrogen) atoms. The zero-order chi connectivity index (χ0) is 12.1. The largest absolute Gasteiger partial charge is 0.248 e. The molecule has 2 nitrogen and oxygen atoms in total. The van der Waals surface area contributed by atoms with Gasteiger partial charge in [-0.3, -0.25) is 0 Å². The lowest BCUT2D eigenvalue weighted by atomic mass is 10.1. The van der Waals surface area contributed by atoms with Crippen LogP contribution in [0.4, 0.5) is 0 Å². The van der Waals surface area contributed by atoms with Gasteiger partial charge in [0.05, 0.1) is 0 Å². The molecule has 1 aromatic rings. The number of benzene rings is 1. The van der Waals surface area contributed by atoms with Gasteiger partial charge in [-0.25, -0.2) is 10.4 Å². The molecule has 0 saturated carbocycles. The summed E-state index contributed by atoms with van der Waals surface area (Å²) in [6.45, 7) is 4.61. The molecule has 0 spiro atoms. The van der Waals surface area contributed by atoms with Crippen LogP contribution >= 0.6 is 15.9 Å². The molecule has 0 bridgehead atoms. The maximum Gasteiger partial charge on any atom is 0.0462 e. The number of nitrogens with one attached hydrogen (secondary N) is 1. The molecule has 1 aromatic carbocycles. The number of nitrogens with zero attached hydrogens (tertiary/aromatic N) is 1. The highest BCUT2D eigenvalue weighted by Crippen LogP contribution is 2.20. The molecule has 3 heteroatoms. The Morgan fingerprint density at radius 3 is 2.41 bits per heavy atom. The fourth-order valence-corrected chi connectivity index (χ4v) is 2.60. The molecule has 1 fully saturated rings. The zero-order valence-corrected chi connectivity index (χ0v) is 12.0. The molecule has 1 aliphatic heterocycles. The molecule has 1 aliphatic rings. The van der Waals surface area contributed by atoms with Crippen molar-refractivity contribution in [2.45, 2.75) is 38.6 Å². The Kier molecular flexibility index (Phi) is 5.01. The maximum absolute atomic E-state index is 3.66. The van der Waals surface area contributed by atoms with Gasteiger partial charge in [0.1, 0.15) is 0 Å². The van der Waals surface area contributed by atoms with E-state index in [2.05, 4.69) is 57.6 Å². The Bertz CT molecular complexity index is 331. The molecular weight excluding hydrogens is 276 g/mol. The van der Waals surface area contributed by atoms with E-state index in [1.165, 1.54) is 37.9 Å². The first-order valence-corrected chi connectivity index (χ1v) is 7.35. The van der Waals surface area contributed by atoms with Crippen molar-refractivity contribution < 1.29 is 0 Å². The number of halogens is 1. The number of piperidine rings is 1. The Morgan fingerprint density at radius 2 is 1.82 bits per heavy atom. The highest BCUT2D eigenvalue weighted by molar-refractivity contribution is 9.10. The summed E-state index contributed by atoms with van der Waals surface area (Å²) >= 11 is 3.48. The van der Waals surface area contributed by atoms with Crippen LogP contribution in [0.15, 0.2) is 28.7 Å².